The highest BCUT2D eigenvalue weighted by molar-refractivity contribution is 7.90. The van der Waals surface area contributed by atoms with E-state index in [2.05, 4.69) is 6.07 Å². The first kappa shape index (κ1) is 16.6. The van der Waals surface area contributed by atoms with Gasteiger partial charge in [0.1, 0.15) is 0 Å². The molecule has 2 aromatic heterocycles. The van der Waals surface area contributed by atoms with Gasteiger partial charge in [-0.15, -0.1) is 0 Å². The summed E-state index contributed by atoms with van der Waals surface area (Å²) >= 11 is 1.54. The second-order valence-electron chi connectivity index (χ2n) is 6.01. The molecular weight excluding hydrogens is 364 g/mol. The number of nitrogens with zero attached hydrogens (tertiary/aromatic N) is 2. The second kappa shape index (κ2) is 6.13. The predicted octanol–water partition coefficient (Wildman–Crippen LogP) is 4.79. The molecule has 0 fully saturated rings. The van der Waals surface area contributed by atoms with Crippen molar-refractivity contribution in [3.8, 4) is 17.2 Å². The number of nitriles is 1. The fourth-order valence-corrected chi connectivity index (χ4v) is 4.97. The Kier molecular flexibility index (Phi) is 3.91. The first-order valence-electron chi connectivity index (χ1n) is 7.91. The molecular formula is C20H14N2O2S2. The van der Waals surface area contributed by atoms with E-state index in [0.29, 0.717) is 11.1 Å². The minimum atomic E-state index is -3.73. The zero-order valence-corrected chi connectivity index (χ0v) is 15.5. The van der Waals surface area contributed by atoms with Crippen LogP contribution in [0.3, 0.4) is 0 Å². The molecule has 0 unspecified atom stereocenters. The lowest BCUT2D eigenvalue weighted by Gasteiger charge is -2.08. The van der Waals surface area contributed by atoms with Crippen LogP contribution >= 0.6 is 11.3 Å². The highest BCUT2D eigenvalue weighted by atomic mass is 32.2. The van der Waals surface area contributed by atoms with Crippen molar-refractivity contribution in [1.29, 1.82) is 5.26 Å². The molecule has 2 heterocycles. The monoisotopic (exact) mass is 378 g/mol. The van der Waals surface area contributed by atoms with Crippen LogP contribution < -0.4 is 0 Å². The summed E-state index contributed by atoms with van der Waals surface area (Å²) in [4.78, 5) is 0.237. The van der Waals surface area contributed by atoms with Crippen molar-refractivity contribution in [2.24, 2.45) is 0 Å². The average Bonchev–Trinajstić information content (AvgIpc) is 3.29. The highest BCUT2D eigenvalue weighted by Gasteiger charge is 2.22. The van der Waals surface area contributed by atoms with Crippen LogP contribution in [0.2, 0.25) is 0 Å². The van der Waals surface area contributed by atoms with E-state index in [1.54, 1.807) is 60.0 Å². The van der Waals surface area contributed by atoms with Crippen molar-refractivity contribution in [2.45, 2.75) is 11.8 Å². The number of hydrogen-bond acceptors (Lipinski definition) is 4. The molecule has 0 atom stereocenters. The van der Waals surface area contributed by atoms with E-state index in [4.69, 9.17) is 0 Å². The number of rotatable bonds is 3. The number of benzene rings is 2. The van der Waals surface area contributed by atoms with Crippen LogP contribution in [0, 0.1) is 18.3 Å². The van der Waals surface area contributed by atoms with Gasteiger partial charge in [-0.05, 0) is 59.6 Å². The van der Waals surface area contributed by atoms with Crippen LogP contribution in [0.1, 0.15) is 11.1 Å². The maximum Gasteiger partial charge on any atom is 0.268 e. The summed E-state index contributed by atoms with van der Waals surface area (Å²) in [6.45, 7) is 1.92. The Morgan fingerprint density at radius 3 is 2.50 bits per heavy atom. The third kappa shape index (κ3) is 2.62. The van der Waals surface area contributed by atoms with Gasteiger partial charge < -0.3 is 0 Å². The van der Waals surface area contributed by atoms with Gasteiger partial charge in [-0.1, -0.05) is 17.7 Å². The van der Waals surface area contributed by atoms with Crippen molar-refractivity contribution >= 4 is 32.3 Å². The first-order valence-corrected chi connectivity index (χ1v) is 10.3. The number of aromatic nitrogens is 1. The molecule has 128 valence electrons. The Hall–Kier alpha value is -2.88. The largest absolute Gasteiger partial charge is 0.268 e. The topological polar surface area (TPSA) is 62.9 Å². The molecule has 4 nitrogen and oxygen atoms in total. The van der Waals surface area contributed by atoms with E-state index in [9.17, 15) is 13.7 Å². The second-order valence-corrected chi connectivity index (χ2v) is 8.61. The summed E-state index contributed by atoms with van der Waals surface area (Å²) in [7, 11) is -3.73. The fourth-order valence-electron chi connectivity index (χ4n) is 2.94. The average molecular weight is 378 g/mol. The quantitative estimate of drug-likeness (QED) is 0.515. The Morgan fingerprint density at radius 2 is 1.85 bits per heavy atom. The number of aryl methyl sites for hydroxylation is 1. The molecule has 0 aliphatic carbocycles. The molecule has 0 N–H and O–H groups in total. The lowest BCUT2D eigenvalue weighted by molar-refractivity contribution is 0.589. The van der Waals surface area contributed by atoms with E-state index < -0.39 is 10.0 Å². The third-order valence-electron chi connectivity index (χ3n) is 4.31. The first-order chi connectivity index (χ1) is 12.5. The molecule has 0 saturated carbocycles. The molecule has 2 aromatic carbocycles. The number of thiophene rings is 1. The Bertz CT molecular complexity index is 1240. The summed E-state index contributed by atoms with van der Waals surface area (Å²) < 4.78 is 27.7. The zero-order chi connectivity index (χ0) is 18.3. The van der Waals surface area contributed by atoms with Gasteiger partial charge in [0.15, 0.2) is 0 Å². The summed E-state index contributed by atoms with van der Waals surface area (Å²) in [5, 5.41) is 13.9. The van der Waals surface area contributed by atoms with Gasteiger partial charge in [0, 0.05) is 17.1 Å². The molecule has 0 amide bonds. The predicted molar refractivity (Wildman–Crippen MR) is 104 cm³/mol. The van der Waals surface area contributed by atoms with Gasteiger partial charge in [-0.3, -0.25) is 0 Å². The van der Waals surface area contributed by atoms with Crippen molar-refractivity contribution in [1.82, 2.24) is 3.97 Å². The normalized spacial score (nSPS) is 11.5. The highest BCUT2D eigenvalue weighted by Crippen LogP contribution is 2.34. The van der Waals surface area contributed by atoms with E-state index >= 15 is 0 Å². The lowest BCUT2D eigenvalue weighted by atomic mass is 10.1. The standard InChI is InChI=1S/C20H14N2O2S2/c1-14-2-5-17(6-3-14)26(23,24)22-12-19(16-8-9-25-13-16)18-10-15(11-21)4-7-20(18)22/h2-10,12-13H,1H3. The van der Waals surface area contributed by atoms with Crippen LogP contribution in [0.5, 0.6) is 0 Å². The molecule has 4 aromatic rings. The van der Waals surface area contributed by atoms with Crippen molar-refractivity contribution in [3.05, 3.63) is 76.6 Å². The van der Waals surface area contributed by atoms with Crippen LogP contribution in [-0.2, 0) is 10.0 Å². The van der Waals surface area contributed by atoms with Gasteiger partial charge in [0.25, 0.3) is 10.0 Å². The van der Waals surface area contributed by atoms with E-state index in [0.717, 1.165) is 22.1 Å². The maximum absolute atomic E-state index is 13.2. The van der Waals surface area contributed by atoms with Gasteiger partial charge in [0.2, 0.25) is 0 Å². The summed E-state index contributed by atoms with van der Waals surface area (Å²) in [5.74, 6) is 0. The molecule has 0 bridgehead atoms. The van der Waals surface area contributed by atoms with E-state index in [-0.39, 0.29) is 4.90 Å². The van der Waals surface area contributed by atoms with Crippen LogP contribution in [0.25, 0.3) is 22.0 Å². The molecule has 26 heavy (non-hydrogen) atoms. The number of hydrogen-bond donors (Lipinski definition) is 0. The molecule has 0 aliphatic rings. The van der Waals surface area contributed by atoms with Gasteiger partial charge in [0.05, 0.1) is 22.0 Å². The third-order valence-corrected chi connectivity index (χ3v) is 6.68. The minimum Gasteiger partial charge on any atom is -0.241 e. The summed E-state index contributed by atoms with van der Waals surface area (Å²) in [5.41, 5.74) is 3.80. The molecule has 0 spiro atoms. The van der Waals surface area contributed by atoms with Crippen LogP contribution in [-0.4, -0.2) is 12.4 Å². The van der Waals surface area contributed by atoms with Crippen LogP contribution in [0.4, 0.5) is 0 Å². The summed E-state index contributed by atoms with van der Waals surface area (Å²) in [6.07, 6.45) is 1.64. The molecule has 0 aliphatic heterocycles. The van der Waals surface area contributed by atoms with Gasteiger partial charge in [-0.2, -0.15) is 16.6 Å². The Balaban J connectivity index is 2.02. The summed E-state index contributed by atoms with van der Waals surface area (Å²) in [6, 6.07) is 15.9. The van der Waals surface area contributed by atoms with Gasteiger partial charge in [-0.25, -0.2) is 12.4 Å². The van der Waals surface area contributed by atoms with E-state index in [1.165, 1.54) is 3.97 Å². The van der Waals surface area contributed by atoms with Crippen LogP contribution in [0.15, 0.2) is 70.4 Å². The smallest absolute Gasteiger partial charge is 0.241 e. The molecule has 0 radical (unpaired) electrons. The van der Waals surface area contributed by atoms with Crippen molar-refractivity contribution in [3.63, 3.8) is 0 Å². The van der Waals surface area contributed by atoms with E-state index in [1.807, 2.05) is 23.8 Å². The zero-order valence-electron chi connectivity index (χ0n) is 13.9. The minimum absolute atomic E-state index is 0.237. The Morgan fingerprint density at radius 1 is 1.08 bits per heavy atom. The Labute approximate surface area is 155 Å². The molecule has 0 saturated heterocycles. The van der Waals surface area contributed by atoms with Crippen molar-refractivity contribution < 1.29 is 8.42 Å². The van der Waals surface area contributed by atoms with Gasteiger partial charge >= 0.3 is 0 Å². The maximum atomic E-state index is 13.2. The molecule has 6 heteroatoms. The number of fused-ring (bicyclic) bond motifs is 1. The fraction of sp³-hybridized carbons (Fsp3) is 0.0500. The molecule has 4 rings (SSSR count). The van der Waals surface area contributed by atoms with Crippen molar-refractivity contribution in [2.75, 3.05) is 0 Å². The SMILES string of the molecule is Cc1ccc(S(=O)(=O)n2cc(-c3ccsc3)c3cc(C#N)ccc32)cc1. The lowest BCUT2D eigenvalue weighted by Crippen LogP contribution is -2.11.